The van der Waals surface area contributed by atoms with Crippen molar-refractivity contribution in [2.24, 2.45) is 5.92 Å². The van der Waals surface area contributed by atoms with Gasteiger partial charge in [-0.15, -0.1) is 0 Å². The minimum absolute atomic E-state index is 0.578. The van der Waals surface area contributed by atoms with Gasteiger partial charge < -0.3 is 11.1 Å². The van der Waals surface area contributed by atoms with Gasteiger partial charge in [-0.1, -0.05) is 11.6 Å². The van der Waals surface area contributed by atoms with Crippen LogP contribution in [0.2, 0.25) is 5.02 Å². The smallest absolute Gasteiger partial charge is 0.149 e. The van der Waals surface area contributed by atoms with Crippen LogP contribution in [0.15, 0.2) is 12.3 Å². The summed E-state index contributed by atoms with van der Waals surface area (Å²) < 4.78 is 0. The number of hydrogen-bond donors (Lipinski definition) is 2. The van der Waals surface area contributed by atoms with E-state index in [-0.39, 0.29) is 0 Å². The molecule has 0 spiro atoms. The van der Waals surface area contributed by atoms with Crippen LogP contribution in [0.1, 0.15) is 12.8 Å². The Bertz CT molecular complexity index is 310. The quantitative estimate of drug-likeness (QED) is 0.781. The van der Waals surface area contributed by atoms with Crippen LogP contribution >= 0.6 is 11.6 Å². The molecule has 13 heavy (non-hydrogen) atoms. The summed E-state index contributed by atoms with van der Waals surface area (Å²) in [6, 6.07) is 1.71. The SMILES string of the molecule is Nc1cc(Cl)cnc1NCC1CC1. The molecule has 1 saturated carbocycles. The number of aromatic nitrogens is 1. The van der Waals surface area contributed by atoms with E-state index in [1.54, 1.807) is 12.3 Å². The summed E-state index contributed by atoms with van der Waals surface area (Å²) in [5, 5.41) is 3.79. The number of nitrogens with zero attached hydrogens (tertiary/aromatic N) is 1. The minimum Gasteiger partial charge on any atom is -0.396 e. The largest absolute Gasteiger partial charge is 0.396 e. The fourth-order valence-electron chi connectivity index (χ4n) is 1.17. The van der Waals surface area contributed by atoms with E-state index in [1.807, 2.05) is 0 Å². The zero-order valence-corrected chi connectivity index (χ0v) is 8.01. The highest BCUT2D eigenvalue weighted by Crippen LogP contribution is 2.29. The van der Waals surface area contributed by atoms with Crippen molar-refractivity contribution < 1.29 is 0 Å². The highest BCUT2D eigenvalue weighted by Gasteiger charge is 2.20. The number of nitrogen functional groups attached to an aromatic ring is 1. The molecule has 1 aliphatic rings. The third-order valence-corrected chi connectivity index (χ3v) is 2.35. The summed E-state index contributed by atoms with van der Waals surface area (Å²) in [5.74, 6) is 1.56. The second-order valence-corrected chi connectivity index (χ2v) is 3.85. The van der Waals surface area contributed by atoms with E-state index in [0.29, 0.717) is 10.7 Å². The summed E-state index contributed by atoms with van der Waals surface area (Å²) in [7, 11) is 0. The Kier molecular flexibility index (Phi) is 2.27. The van der Waals surface area contributed by atoms with Crippen LogP contribution in [0.3, 0.4) is 0 Å². The van der Waals surface area contributed by atoms with Gasteiger partial charge >= 0.3 is 0 Å². The number of rotatable bonds is 3. The third-order valence-electron chi connectivity index (χ3n) is 2.14. The second-order valence-electron chi connectivity index (χ2n) is 3.42. The Morgan fingerprint density at radius 2 is 2.38 bits per heavy atom. The topological polar surface area (TPSA) is 50.9 Å². The Balaban J connectivity index is 2.01. The van der Waals surface area contributed by atoms with Crippen LogP contribution in [-0.4, -0.2) is 11.5 Å². The van der Waals surface area contributed by atoms with Crippen LogP contribution in [-0.2, 0) is 0 Å². The molecular weight excluding hydrogens is 186 g/mol. The number of pyridine rings is 1. The van der Waals surface area contributed by atoms with E-state index >= 15 is 0 Å². The van der Waals surface area contributed by atoms with Gasteiger partial charge in [-0.25, -0.2) is 4.98 Å². The van der Waals surface area contributed by atoms with Crippen molar-refractivity contribution in [2.75, 3.05) is 17.6 Å². The number of hydrogen-bond acceptors (Lipinski definition) is 3. The lowest BCUT2D eigenvalue weighted by atomic mass is 10.3. The first kappa shape index (κ1) is 8.63. The van der Waals surface area contributed by atoms with E-state index in [0.717, 1.165) is 18.3 Å². The number of nitrogens with two attached hydrogens (primary N) is 1. The van der Waals surface area contributed by atoms with Crippen LogP contribution < -0.4 is 11.1 Å². The Morgan fingerprint density at radius 1 is 1.62 bits per heavy atom. The fourth-order valence-corrected chi connectivity index (χ4v) is 1.33. The first-order valence-electron chi connectivity index (χ1n) is 4.40. The van der Waals surface area contributed by atoms with Crippen molar-refractivity contribution in [1.82, 2.24) is 4.98 Å². The van der Waals surface area contributed by atoms with Crippen molar-refractivity contribution in [3.8, 4) is 0 Å². The molecule has 1 heterocycles. The molecule has 1 aromatic heterocycles. The summed E-state index contributed by atoms with van der Waals surface area (Å²) in [5.41, 5.74) is 6.34. The number of nitrogens with one attached hydrogen (secondary N) is 1. The minimum atomic E-state index is 0.578. The van der Waals surface area contributed by atoms with Gasteiger partial charge in [0.1, 0.15) is 5.82 Å². The van der Waals surface area contributed by atoms with Gasteiger partial charge in [0, 0.05) is 12.7 Å². The fraction of sp³-hybridized carbons (Fsp3) is 0.444. The maximum Gasteiger partial charge on any atom is 0.149 e. The molecule has 1 aromatic rings. The molecule has 0 aromatic carbocycles. The highest BCUT2D eigenvalue weighted by atomic mass is 35.5. The summed E-state index contributed by atoms with van der Waals surface area (Å²) >= 11 is 5.72. The molecule has 0 bridgehead atoms. The zero-order valence-electron chi connectivity index (χ0n) is 7.26. The van der Waals surface area contributed by atoms with E-state index in [1.165, 1.54) is 12.8 Å². The lowest BCUT2D eigenvalue weighted by molar-refractivity contribution is 0.883. The van der Waals surface area contributed by atoms with Gasteiger partial charge in [-0.2, -0.15) is 0 Å². The normalized spacial score (nSPS) is 15.8. The Labute approximate surface area is 82.3 Å². The molecule has 0 saturated heterocycles. The van der Waals surface area contributed by atoms with Crippen molar-refractivity contribution in [1.29, 1.82) is 0 Å². The maximum atomic E-state index is 5.72. The molecule has 0 amide bonds. The predicted molar refractivity (Wildman–Crippen MR) is 54.9 cm³/mol. The lowest BCUT2D eigenvalue weighted by Gasteiger charge is -2.06. The molecule has 0 atom stereocenters. The first-order valence-corrected chi connectivity index (χ1v) is 4.78. The molecule has 70 valence electrons. The van der Waals surface area contributed by atoms with Crippen molar-refractivity contribution in [3.63, 3.8) is 0 Å². The van der Waals surface area contributed by atoms with E-state index in [4.69, 9.17) is 17.3 Å². The monoisotopic (exact) mass is 197 g/mol. The lowest BCUT2D eigenvalue weighted by Crippen LogP contribution is -2.07. The average molecular weight is 198 g/mol. The van der Waals surface area contributed by atoms with Gasteiger partial charge in [0.15, 0.2) is 0 Å². The van der Waals surface area contributed by atoms with Crippen molar-refractivity contribution >= 4 is 23.1 Å². The van der Waals surface area contributed by atoms with Gasteiger partial charge in [0.25, 0.3) is 0 Å². The standard InChI is InChI=1S/C9H12ClN3/c10-7-3-8(11)9(13-5-7)12-4-6-1-2-6/h3,5-6H,1-2,4,11H2,(H,12,13). The van der Waals surface area contributed by atoms with Gasteiger partial charge in [0.05, 0.1) is 10.7 Å². The summed E-state index contributed by atoms with van der Waals surface area (Å²) in [6.45, 7) is 0.971. The molecule has 1 aliphatic carbocycles. The average Bonchev–Trinajstić information content (AvgIpc) is 2.86. The molecule has 0 radical (unpaired) electrons. The number of anilines is 2. The maximum absolute atomic E-state index is 5.72. The van der Waals surface area contributed by atoms with Gasteiger partial charge in [-0.3, -0.25) is 0 Å². The van der Waals surface area contributed by atoms with Crippen LogP contribution in [0.5, 0.6) is 0 Å². The van der Waals surface area contributed by atoms with Crippen LogP contribution in [0.25, 0.3) is 0 Å². The van der Waals surface area contributed by atoms with Gasteiger partial charge in [-0.05, 0) is 24.8 Å². The molecular formula is C9H12ClN3. The van der Waals surface area contributed by atoms with E-state index in [9.17, 15) is 0 Å². The summed E-state index contributed by atoms with van der Waals surface area (Å²) in [6.07, 6.45) is 4.24. The molecule has 3 nitrogen and oxygen atoms in total. The summed E-state index contributed by atoms with van der Waals surface area (Å²) in [4.78, 5) is 4.11. The molecule has 0 unspecified atom stereocenters. The second kappa shape index (κ2) is 3.42. The molecule has 0 aliphatic heterocycles. The highest BCUT2D eigenvalue weighted by molar-refractivity contribution is 6.30. The van der Waals surface area contributed by atoms with E-state index < -0.39 is 0 Å². The van der Waals surface area contributed by atoms with Gasteiger partial charge in [0.2, 0.25) is 0 Å². The van der Waals surface area contributed by atoms with Crippen molar-refractivity contribution in [2.45, 2.75) is 12.8 Å². The molecule has 1 fully saturated rings. The Morgan fingerprint density at radius 3 is 3.00 bits per heavy atom. The van der Waals surface area contributed by atoms with E-state index in [2.05, 4.69) is 10.3 Å². The predicted octanol–water partition coefficient (Wildman–Crippen LogP) is 2.14. The first-order chi connectivity index (χ1) is 6.25. The molecule has 3 N–H and O–H groups in total. The molecule has 4 heteroatoms. The Hall–Kier alpha value is -0.960. The number of halogens is 1. The van der Waals surface area contributed by atoms with Crippen molar-refractivity contribution in [3.05, 3.63) is 17.3 Å². The third kappa shape index (κ3) is 2.25. The molecule has 2 rings (SSSR count). The van der Waals surface area contributed by atoms with Crippen LogP contribution in [0, 0.1) is 5.92 Å². The van der Waals surface area contributed by atoms with Crippen LogP contribution in [0.4, 0.5) is 11.5 Å². The zero-order chi connectivity index (χ0) is 9.26.